The maximum atomic E-state index is 11.3. The van der Waals surface area contributed by atoms with Gasteiger partial charge < -0.3 is 9.47 Å². The summed E-state index contributed by atoms with van der Waals surface area (Å²) in [5, 5.41) is 0. The fourth-order valence-corrected chi connectivity index (χ4v) is 1.93. The van der Waals surface area contributed by atoms with E-state index in [1.54, 1.807) is 24.3 Å². The molecule has 16 heavy (non-hydrogen) atoms. The van der Waals surface area contributed by atoms with E-state index >= 15 is 0 Å². The third-order valence-electron chi connectivity index (χ3n) is 2.17. The van der Waals surface area contributed by atoms with Crippen molar-refractivity contribution in [2.24, 2.45) is 0 Å². The van der Waals surface area contributed by atoms with Gasteiger partial charge in [-0.3, -0.25) is 0 Å². The highest BCUT2D eigenvalue weighted by atomic mass is 35.5. The fraction of sp³-hybridized carbons (Fsp3) is 0.182. The Morgan fingerprint density at radius 3 is 2.75 bits per heavy atom. The van der Waals surface area contributed by atoms with Crippen molar-refractivity contribution in [3.05, 3.63) is 41.7 Å². The van der Waals surface area contributed by atoms with Crippen molar-refractivity contribution in [2.75, 3.05) is 7.11 Å². The summed E-state index contributed by atoms with van der Waals surface area (Å²) in [5.74, 6) is -0.165. The molecule has 3 nitrogen and oxygen atoms in total. The fourth-order valence-electron chi connectivity index (χ4n) is 1.42. The molecule has 0 N–H and O–H groups in total. The zero-order valence-corrected chi connectivity index (χ0v) is 9.88. The normalized spacial score (nSPS) is 16.8. The van der Waals surface area contributed by atoms with E-state index in [0.29, 0.717) is 11.3 Å². The highest BCUT2D eigenvalue weighted by Gasteiger charge is 2.35. The molecule has 1 aromatic rings. The predicted molar refractivity (Wildman–Crippen MR) is 60.6 cm³/mol. The number of methoxy groups -OCH3 is 1. The quantitative estimate of drug-likeness (QED) is 0.574. The average molecular weight is 259 g/mol. The van der Waals surface area contributed by atoms with Crippen molar-refractivity contribution >= 4 is 29.2 Å². The molecule has 0 saturated heterocycles. The van der Waals surface area contributed by atoms with Gasteiger partial charge in [0.1, 0.15) is 5.75 Å². The lowest BCUT2D eigenvalue weighted by atomic mass is 10.1. The molecule has 0 unspecified atom stereocenters. The van der Waals surface area contributed by atoms with Crippen LogP contribution in [-0.2, 0) is 13.9 Å². The number of para-hydroxylation sites is 1. The molecule has 2 rings (SSSR count). The van der Waals surface area contributed by atoms with Crippen molar-refractivity contribution in [2.45, 2.75) is 4.33 Å². The monoisotopic (exact) mass is 258 g/mol. The Morgan fingerprint density at radius 1 is 1.38 bits per heavy atom. The number of esters is 1. The van der Waals surface area contributed by atoms with Crippen LogP contribution in [0.1, 0.15) is 5.56 Å². The van der Waals surface area contributed by atoms with Crippen molar-refractivity contribution in [3.63, 3.8) is 0 Å². The van der Waals surface area contributed by atoms with E-state index in [-0.39, 0.29) is 5.76 Å². The third-order valence-corrected chi connectivity index (χ3v) is 2.79. The number of hydrogen-bond acceptors (Lipinski definition) is 3. The molecule has 1 aliphatic heterocycles. The topological polar surface area (TPSA) is 35.5 Å². The Morgan fingerprint density at radius 2 is 2.06 bits per heavy atom. The van der Waals surface area contributed by atoms with Crippen LogP contribution in [0.3, 0.4) is 0 Å². The second-order valence-corrected chi connectivity index (χ2v) is 4.61. The minimum absolute atomic E-state index is 0.00815. The van der Waals surface area contributed by atoms with Crippen molar-refractivity contribution in [1.82, 2.24) is 0 Å². The first-order chi connectivity index (χ1) is 7.54. The van der Waals surface area contributed by atoms with E-state index in [2.05, 4.69) is 4.74 Å². The van der Waals surface area contributed by atoms with Gasteiger partial charge in [-0.1, -0.05) is 41.4 Å². The second kappa shape index (κ2) is 4.00. The highest BCUT2D eigenvalue weighted by molar-refractivity contribution is 6.49. The van der Waals surface area contributed by atoms with E-state index in [9.17, 15) is 4.79 Å². The second-order valence-electron chi connectivity index (χ2n) is 3.22. The molecule has 1 aliphatic rings. The van der Waals surface area contributed by atoms with Crippen LogP contribution < -0.4 is 4.74 Å². The molecule has 84 valence electrons. The molecule has 1 heterocycles. The minimum Gasteiger partial charge on any atom is -0.463 e. The number of benzene rings is 1. The summed E-state index contributed by atoms with van der Waals surface area (Å²) in [6.45, 7) is 0. The van der Waals surface area contributed by atoms with Crippen LogP contribution >= 0.6 is 23.2 Å². The zero-order chi connectivity index (χ0) is 11.8. The van der Waals surface area contributed by atoms with Gasteiger partial charge in [-0.15, -0.1) is 0 Å². The maximum Gasteiger partial charge on any atom is 0.373 e. The van der Waals surface area contributed by atoms with Crippen molar-refractivity contribution in [1.29, 1.82) is 0 Å². The average Bonchev–Trinajstić information content (AvgIpc) is 2.27. The molecule has 0 aliphatic carbocycles. The summed E-state index contributed by atoms with van der Waals surface area (Å²) in [6, 6.07) is 6.98. The van der Waals surface area contributed by atoms with Crippen LogP contribution in [0.2, 0.25) is 0 Å². The summed E-state index contributed by atoms with van der Waals surface area (Å²) in [6.07, 6.45) is 1.32. The first kappa shape index (κ1) is 11.3. The van der Waals surface area contributed by atoms with E-state index in [4.69, 9.17) is 27.9 Å². The number of allylic oxidation sites excluding steroid dienone is 1. The largest absolute Gasteiger partial charge is 0.463 e. The number of carbonyl (C=O) groups is 1. The number of hydrogen-bond donors (Lipinski definition) is 0. The lowest BCUT2D eigenvalue weighted by Crippen LogP contribution is -2.22. The van der Waals surface area contributed by atoms with Gasteiger partial charge in [-0.2, -0.15) is 0 Å². The van der Waals surface area contributed by atoms with Gasteiger partial charge in [0, 0.05) is 11.6 Å². The smallest absolute Gasteiger partial charge is 0.373 e. The van der Waals surface area contributed by atoms with Crippen LogP contribution in [0.5, 0.6) is 5.75 Å². The molecular weight excluding hydrogens is 251 g/mol. The van der Waals surface area contributed by atoms with Gasteiger partial charge in [0.05, 0.1) is 7.11 Å². The molecule has 0 radical (unpaired) electrons. The van der Waals surface area contributed by atoms with Gasteiger partial charge in [0.2, 0.25) is 5.76 Å². The number of alkyl halides is 2. The predicted octanol–water partition coefficient (Wildman–Crippen LogP) is 2.77. The molecule has 1 aromatic carbocycles. The lowest BCUT2D eigenvalue weighted by Gasteiger charge is -2.25. The minimum atomic E-state index is -1.28. The number of carbonyl (C=O) groups excluding carboxylic acids is 1. The Kier molecular flexibility index (Phi) is 2.82. The standard InChI is InChI=1S/C11H8Cl2O3/c1-15-10(14)9-6-11(12,13)7-4-2-3-5-8(7)16-9/h2-6H,1H3. The number of rotatable bonds is 1. The van der Waals surface area contributed by atoms with Gasteiger partial charge in [-0.05, 0) is 6.07 Å². The van der Waals surface area contributed by atoms with Crippen LogP contribution in [0.4, 0.5) is 0 Å². The van der Waals surface area contributed by atoms with Crippen LogP contribution in [0.25, 0.3) is 0 Å². The summed E-state index contributed by atoms with van der Waals surface area (Å²) >= 11 is 12.2. The molecular formula is C11H8Cl2O3. The zero-order valence-electron chi connectivity index (χ0n) is 8.37. The molecule has 0 fully saturated rings. The van der Waals surface area contributed by atoms with E-state index < -0.39 is 10.3 Å². The Balaban J connectivity index is 2.47. The summed E-state index contributed by atoms with van der Waals surface area (Å²) in [5.41, 5.74) is 0.603. The Labute approximate surface area is 103 Å². The number of fused-ring (bicyclic) bond motifs is 1. The molecule has 0 amide bonds. The van der Waals surface area contributed by atoms with E-state index in [0.717, 1.165) is 0 Å². The first-order valence-corrected chi connectivity index (χ1v) is 5.26. The molecule has 0 aromatic heterocycles. The van der Waals surface area contributed by atoms with Gasteiger partial charge in [-0.25, -0.2) is 4.79 Å². The van der Waals surface area contributed by atoms with Crippen LogP contribution in [0, 0.1) is 0 Å². The van der Waals surface area contributed by atoms with Gasteiger partial charge >= 0.3 is 5.97 Å². The summed E-state index contributed by atoms with van der Waals surface area (Å²) < 4.78 is 8.61. The van der Waals surface area contributed by atoms with E-state index in [1.807, 2.05) is 0 Å². The van der Waals surface area contributed by atoms with Crippen molar-refractivity contribution < 1.29 is 14.3 Å². The number of halogens is 2. The van der Waals surface area contributed by atoms with Crippen LogP contribution in [-0.4, -0.2) is 13.1 Å². The van der Waals surface area contributed by atoms with Crippen molar-refractivity contribution in [3.8, 4) is 5.75 Å². The molecule has 0 spiro atoms. The SMILES string of the molecule is COC(=O)C1=CC(Cl)(Cl)c2ccccc2O1. The first-order valence-electron chi connectivity index (χ1n) is 4.51. The highest BCUT2D eigenvalue weighted by Crippen LogP contribution is 2.44. The summed E-state index contributed by atoms with van der Waals surface area (Å²) in [4.78, 5) is 11.3. The van der Waals surface area contributed by atoms with Gasteiger partial charge in [0.25, 0.3) is 0 Å². The maximum absolute atomic E-state index is 11.3. The molecule has 0 bridgehead atoms. The molecule has 0 saturated carbocycles. The number of ether oxygens (including phenoxy) is 2. The third kappa shape index (κ3) is 1.88. The molecule has 5 heteroatoms. The lowest BCUT2D eigenvalue weighted by molar-refractivity contribution is -0.138. The summed E-state index contributed by atoms with van der Waals surface area (Å²) in [7, 11) is 1.26. The van der Waals surface area contributed by atoms with Crippen LogP contribution in [0.15, 0.2) is 36.1 Å². The Bertz CT molecular complexity index is 466. The van der Waals surface area contributed by atoms with Gasteiger partial charge in [0.15, 0.2) is 4.33 Å². The Hall–Kier alpha value is -1.19. The molecule has 0 atom stereocenters. The van der Waals surface area contributed by atoms with E-state index in [1.165, 1.54) is 13.2 Å².